The van der Waals surface area contributed by atoms with Crippen molar-refractivity contribution in [2.45, 2.75) is 31.9 Å². The first-order chi connectivity index (χ1) is 7.58. The van der Waals surface area contributed by atoms with Crippen LogP contribution in [0.3, 0.4) is 0 Å². The summed E-state index contributed by atoms with van der Waals surface area (Å²) in [6.07, 6.45) is 2.39. The van der Waals surface area contributed by atoms with Crippen molar-refractivity contribution < 1.29 is 13.2 Å². The summed E-state index contributed by atoms with van der Waals surface area (Å²) < 4.78 is 30.8. The Morgan fingerprint density at radius 3 is 2.81 bits per heavy atom. The van der Waals surface area contributed by atoms with Gasteiger partial charge in [0, 0.05) is 25.7 Å². The predicted octanol–water partition coefficient (Wildman–Crippen LogP) is -0.211. The minimum absolute atomic E-state index is 0.0138. The molecule has 0 bridgehead atoms. The molecule has 6 heteroatoms. The van der Waals surface area contributed by atoms with Gasteiger partial charge < -0.3 is 10.1 Å². The molecule has 2 aliphatic rings. The van der Waals surface area contributed by atoms with E-state index in [1.165, 1.54) is 12.8 Å². The Kier molecular flexibility index (Phi) is 3.84. The molecule has 16 heavy (non-hydrogen) atoms. The Morgan fingerprint density at radius 2 is 2.19 bits per heavy atom. The standard InChI is InChI=1S/C10H20N2O3S/c1-9-8-12(5-6-15-9)16(13,14)7-4-11-10-2-3-10/h9-11H,2-8H2,1H3. The van der Waals surface area contributed by atoms with Crippen LogP contribution in [-0.2, 0) is 14.8 Å². The highest BCUT2D eigenvalue weighted by Gasteiger charge is 2.28. The van der Waals surface area contributed by atoms with Crippen molar-refractivity contribution in [1.82, 2.24) is 9.62 Å². The van der Waals surface area contributed by atoms with E-state index in [1.54, 1.807) is 4.31 Å². The average molecular weight is 248 g/mol. The number of ether oxygens (including phenoxy) is 1. The largest absolute Gasteiger partial charge is 0.376 e. The molecule has 1 heterocycles. The first kappa shape index (κ1) is 12.3. The Bertz CT molecular complexity index is 327. The molecule has 0 spiro atoms. The van der Waals surface area contributed by atoms with Crippen LogP contribution < -0.4 is 5.32 Å². The maximum absolute atomic E-state index is 12.0. The number of nitrogens with zero attached hydrogens (tertiary/aromatic N) is 1. The lowest BCUT2D eigenvalue weighted by Gasteiger charge is -2.30. The van der Waals surface area contributed by atoms with Crippen LogP contribution in [0.15, 0.2) is 0 Å². The van der Waals surface area contributed by atoms with Crippen LogP contribution in [-0.4, -0.2) is 56.9 Å². The van der Waals surface area contributed by atoms with Gasteiger partial charge in [0.15, 0.2) is 0 Å². The van der Waals surface area contributed by atoms with Gasteiger partial charge in [-0.3, -0.25) is 0 Å². The van der Waals surface area contributed by atoms with Crippen molar-refractivity contribution in [1.29, 1.82) is 0 Å². The number of rotatable bonds is 5. The number of hydrogen-bond donors (Lipinski definition) is 1. The highest BCUT2D eigenvalue weighted by atomic mass is 32.2. The molecule has 1 atom stereocenters. The second kappa shape index (κ2) is 5.00. The van der Waals surface area contributed by atoms with Crippen molar-refractivity contribution in [3.05, 3.63) is 0 Å². The van der Waals surface area contributed by atoms with Crippen LogP contribution in [0, 0.1) is 0 Å². The maximum Gasteiger partial charge on any atom is 0.215 e. The van der Waals surface area contributed by atoms with E-state index in [1.807, 2.05) is 6.92 Å². The van der Waals surface area contributed by atoms with Crippen LogP contribution in [0.5, 0.6) is 0 Å². The fourth-order valence-electron chi connectivity index (χ4n) is 1.85. The lowest BCUT2D eigenvalue weighted by atomic mass is 10.3. The van der Waals surface area contributed by atoms with Gasteiger partial charge in [0.1, 0.15) is 0 Å². The summed E-state index contributed by atoms with van der Waals surface area (Å²) in [5.74, 6) is 0.205. The number of hydrogen-bond acceptors (Lipinski definition) is 4. The maximum atomic E-state index is 12.0. The molecule has 94 valence electrons. The molecule has 1 aliphatic carbocycles. The van der Waals surface area contributed by atoms with Gasteiger partial charge in [-0.1, -0.05) is 0 Å². The summed E-state index contributed by atoms with van der Waals surface area (Å²) in [5, 5.41) is 3.23. The van der Waals surface area contributed by atoms with Crippen molar-refractivity contribution in [2.75, 3.05) is 32.0 Å². The molecule has 1 saturated heterocycles. The Labute approximate surface area is 97.2 Å². The Hall–Kier alpha value is -0.170. The zero-order chi connectivity index (χ0) is 11.6. The van der Waals surface area contributed by atoms with Crippen LogP contribution in [0.25, 0.3) is 0 Å². The van der Waals surface area contributed by atoms with Gasteiger partial charge in [0.05, 0.1) is 18.5 Å². The molecule has 5 nitrogen and oxygen atoms in total. The van der Waals surface area contributed by atoms with E-state index < -0.39 is 10.0 Å². The predicted molar refractivity (Wildman–Crippen MR) is 61.8 cm³/mol. The minimum Gasteiger partial charge on any atom is -0.376 e. The van der Waals surface area contributed by atoms with Crippen LogP contribution in [0.1, 0.15) is 19.8 Å². The molecule has 0 amide bonds. The van der Waals surface area contributed by atoms with Gasteiger partial charge in [-0.15, -0.1) is 0 Å². The van der Waals surface area contributed by atoms with Crippen LogP contribution in [0.4, 0.5) is 0 Å². The molecule has 2 rings (SSSR count). The van der Waals surface area contributed by atoms with E-state index in [2.05, 4.69) is 5.32 Å². The highest BCUT2D eigenvalue weighted by Crippen LogP contribution is 2.18. The molecule has 1 saturated carbocycles. The number of sulfonamides is 1. The Balaban J connectivity index is 1.79. The first-order valence-electron chi connectivity index (χ1n) is 5.91. The van der Waals surface area contributed by atoms with Gasteiger partial charge >= 0.3 is 0 Å². The summed E-state index contributed by atoms with van der Waals surface area (Å²) in [7, 11) is -3.09. The summed E-state index contributed by atoms with van der Waals surface area (Å²) in [5.41, 5.74) is 0. The van der Waals surface area contributed by atoms with E-state index >= 15 is 0 Å². The van der Waals surface area contributed by atoms with Crippen molar-refractivity contribution in [3.8, 4) is 0 Å². The fourth-order valence-corrected chi connectivity index (χ4v) is 3.27. The fraction of sp³-hybridized carbons (Fsp3) is 1.00. The molecule has 1 unspecified atom stereocenters. The lowest BCUT2D eigenvalue weighted by molar-refractivity contribution is 0.0102. The SMILES string of the molecule is CC1CN(S(=O)(=O)CCNC2CC2)CCO1. The number of morpholine rings is 1. The van der Waals surface area contributed by atoms with Crippen molar-refractivity contribution in [2.24, 2.45) is 0 Å². The monoisotopic (exact) mass is 248 g/mol. The van der Waals surface area contributed by atoms with Crippen molar-refractivity contribution >= 4 is 10.0 Å². The Morgan fingerprint density at radius 1 is 1.44 bits per heavy atom. The van der Waals surface area contributed by atoms with E-state index in [0.29, 0.717) is 32.3 Å². The molecule has 2 fully saturated rings. The van der Waals surface area contributed by atoms with Crippen molar-refractivity contribution in [3.63, 3.8) is 0 Å². The summed E-state index contributed by atoms with van der Waals surface area (Å²) in [6, 6.07) is 0.568. The molecule has 0 aromatic carbocycles. The zero-order valence-electron chi connectivity index (χ0n) is 9.68. The van der Waals surface area contributed by atoms with Crippen LogP contribution in [0.2, 0.25) is 0 Å². The zero-order valence-corrected chi connectivity index (χ0v) is 10.5. The topological polar surface area (TPSA) is 58.6 Å². The summed E-state index contributed by atoms with van der Waals surface area (Å²) >= 11 is 0. The quantitative estimate of drug-likeness (QED) is 0.731. The molecule has 1 N–H and O–H groups in total. The van der Waals surface area contributed by atoms with E-state index in [0.717, 1.165) is 0 Å². The minimum atomic E-state index is -3.09. The smallest absolute Gasteiger partial charge is 0.215 e. The highest BCUT2D eigenvalue weighted by molar-refractivity contribution is 7.89. The van der Waals surface area contributed by atoms with Gasteiger partial charge in [0.2, 0.25) is 10.0 Å². The second-order valence-electron chi connectivity index (χ2n) is 4.58. The molecular weight excluding hydrogens is 228 g/mol. The normalized spacial score (nSPS) is 28.2. The third-order valence-corrected chi connectivity index (χ3v) is 4.81. The van der Waals surface area contributed by atoms with Crippen LogP contribution >= 0.6 is 0 Å². The molecule has 0 radical (unpaired) electrons. The summed E-state index contributed by atoms with van der Waals surface area (Å²) in [4.78, 5) is 0. The van der Waals surface area contributed by atoms with E-state index in [4.69, 9.17) is 4.74 Å². The van der Waals surface area contributed by atoms with E-state index in [9.17, 15) is 8.42 Å². The molecule has 1 aliphatic heterocycles. The van der Waals surface area contributed by atoms with Gasteiger partial charge in [-0.25, -0.2) is 8.42 Å². The molecular formula is C10H20N2O3S. The third kappa shape index (κ3) is 3.41. The second-order valence-corrected chi connectivity index (χ2v) is 6.67. The van der Waals surface area contributed by atoms with Gasteiger partial charge in [0.25, 0.3) is 0 Å². The lowest BCUT2D eigenvalue weighted by Crippen LogP contribution is -2.46. The molecule has 0 aromatic rings. The van der Waals surface area contributed by atoms with Gasteiger partial charge in [-0.2, -0.15) is 4.31 Å². The first-order valence-corrected chi connectivity index (χ1v) is 7.51. The number of nitrogens with one attached hydrogen (secondary N) is 1. The third-order valence-electron chi connectivity index (χ3n) is 2.97. The van der Waals surface area contributed by atoms with E-state index in [-0.39, 0.29) is 11.9 Å². The molecule has 0 aromatic heterocycles. The average Bonchev–Trinajstić information content (AvgIpc) is 3.01. The summed E-state index contributed by atoms with van der Waals surface area (Å²) in [6.45, 7) is 3.97. The van der Waals surface area contributed by atoms with Gasteiger partial charge in [-0.05, 0) is 19.8 Å².